The normalized spacial score (nSPS) is 27.2. The van der Waals surface area contributed by atoms with Crippen molar-refractivity contribution in [2.24, 2.45) is 11.0 Å². The summed E-state index contributed by atoms with van der Waals surface area (Å²) in [5.41, 5.74) is 0.482. The predicted molar refractivity (Wildman–Crippen MR) is 140 cm³/mol. The molecule has 0 aliphatic carbocycles. The van der Waals surface area contributed by atoms with Gasteiger partial charge in [-0.05, 0) is 46.6 Å². The largest absolute Gasteiger partial charge is 0.509 e. The molecular formula is C26H34FN5O6S. The molecule has 11 nitrogen and oxygen atoms in total. The number of carbonyl (C=O) groups excluding carboxylic acids is 2. The van der Waals surface area contributed by atoms with E-state index in [4.69, 9.17) is 4.74 Å². The van der Waals surface area contributed by atoms with Gasteiger partial charge in [0, 0.05) is 36.8 Å². The fourth-order valence-corrected chi connectivity index (χ4v) is 7.46. The third kappa shape index (κ3) is 4.50. The van der Waals surface area contributed by atoms with E-state index in [1.54, 1.807) is 16.7 Å². The van der Waals surface area contributed by atoms with E-state index < -0.39 is 45.4 Å². The van der Waals surface area contributed by atoms with E-state index in [0.717, 1.165) is 5.01 Å². The van der Waals surface area contributed by atoms with Gasteiger partial charge in [0.05, 0.1) is 18.9 Å². The van der Waals surface area contributed by atoms with Crippen LogP contribution in [0.2, 0.25) is 0 Å². The highest BCUT2D eigenvalue weighted by molar-refractivity contribution is 7.89. The number of likely N-dealkylation sites (N-methyl/N-ethyl adjacent to an activating group) is 1. The Morgan fingerprint density at radius 2 is 1.97 bits per heavy atom. The first-order valence-corrected chi connectivity index (χ1v) is 14.9. The summed E-state index contributed by atoms with van der Waals surface area (Å²) in [5, 5.41) is 17.1. The fraction of sp³-hybridized carbons (Fsp3) is 0.577. The van der Waals surface area contributed by atoms with Crippen molar-refractivity contribution < 1.29 is 32.2 Å². The van der Waals surface area contributed by atoms with E-state index in [9.17, 15) is 27.5 Å². The summed E-state index contributed by atoms with van der Waals surface area (Å²) in [4.78, 5) is 30.7. The average molecular weight is 564 g/mol. The van der Waals surface area contributed by atoms with E-state index in [-0.39, 0.29) is 54.8 Å². The van der Waals surface area contributed by atoms with Crippen LogP contribution < -0.4 is 4.74 Å². The molecule has 4 heterocycles. The lowest BCUT2D eigenvalue weighted by atomic mass is 9.95. The Morgan fingerprint density at radius 3 is 2.67 bits per heavy atom. The summed E-state index contributed by atoms with van der Waals surface area (Å²) in [6, 6.07) is 2.54. The first kappa shape index (κ1) is 27.2. The van der Waals surface area contributed by atoms with Crippen LogP contribution >= 0.6 is 0 Å². The molecule has 0 aromatic heterocycles. The SMILES string of the molecule is CCN1C2=NN(Cc3ccc(F)cc3OCCCCS1(=O)=O)C(=O)C1C(O)=C3C(=O)N(C(C)C)C[C@H](C)N3C21. The first-order valence-electron chi connectivity index (χ1n) is 13.3. The van der Waals surface area contributed by atoms with Crippen molar-refractivity contribution in [3.8, 4) is 5.75 Å². The minimum absolute atomic E-state index is 0.000668. The fourth-order valence-electron chi connectivity index (χ4n) is 5.84. The van der Waals surface area contributed by atoms with E-state index in [2.05, 4.69) is 5.10 Å². The molecule has 39 heavy (non-hydrogen) atoms. The van der Waals surface area contributed by atoms with Crippen molar-refractivity contribution in [2.45, 2.75) is 65.2 Å². The number of hydrazone groups is 1. The van der Waals surface area contributed by atoms with Crippen LogP contribution in [0.25, 0.3) is 0 Å². The topological polar surface area (TPSA) is 123 Å². The average Bonchev–Trinajstić information content (AvgIpc) is 3.19. The van der Waals surface area contributed by atoms with Crippen LogP contribution in [0, 0.1) is 11.7 Å². The van der Waals surface area contributed by atoms with Gasteiger partial charge in [-0.3, -0.25) is 13.9 Å². The Balaban J connectivity index is 1.68. The van der Waals surface area contributed by atoms with Gasteiger partial charge in [-0.2, -0.15) is 5.10 Å². The van der Waals surface area contributed by atoms with Crippen LogP contribution in [-0.2, 0) is 26.2 Å². The molecule has 13 heteroatoms. The van der Waals surface area contributed by atoms with Gasteiger partial charge in [0.15, 0.2) is 5.84 Å². The standard InChI is InChI=1S/C26H34FN5O6S/c1-5-31-24-21-20(23(33)22-26(35)29(15(2)3)13-16(4)32(21)22)25(34)30(28-24)14-17-8-9-18(27)12-19(17)38-10-6-7-11-39(31,36)37/h8-9,12,15-16,20-21,33H,5-7,10-11,13-14H2,1-4H3/t16-,20?,21?/m0/s1. The van der Waals surface area contributed by atoms with Crippen molar-refractivity contribution in [1.29, 1.82) is 0 Å². The first-order chi connectivity index (χ1) is 18.5. The second-order valence-corrected chi connectivity index (χ2v) is 12.6. The van der Waals surface area contributed by atoms with Crippen LogP contribution in [0.4, 0.5) is 4.39 Å². The second kappa shape index (κ2) is 10.00. The number of rotatable bonds is 2. The van der Waals surface area contributed by atoms with Gasteiger partial charge < -0.3 is 19.6 Å². The number of aliphatic hydroxyl groups is 1. The number of sulfonamides is 1. The van der Waals surface area contributed by atoms with Crippen LogP contribution in [0.1, 0.15) is 46.1 Å². The molecule has 1 aromatic carbocycles. The lowest BCUT2D eigenvalue weighted by Crippen LogP contribution is -2.63. The zero-order chi connectivity index (χ0) is 28.2. The van der Waals surface area contributed by atoms with Crippen LogP contribution in [0.5, 0.6) is 5.75 Å². The van der Waals surface area contributed by atoms with Crippen molar-refractivity contribution >= 4 is 27.7 Å². The number of hydrogen-bond acceptors (Lipinski definition) is 8. The van der Waals surface area contributed by atoms with Gasteiger partial charge in [-0.1, -0.05) is 6.07 Å². The minimum atomic E-state index is -3.88. The molecule has 0 radical (unpaired) electrons. The molecule has 5 rings (SSSR count). The second-order valence-electron chi connectivity index (χ2n) is 10.6. The molecule has 4 aliphatic rings. The molecule has 0 spiro atoms. The number of halogens is 1. The summed E-state index contributed by atoms with van der Waals surface area (Å²) in [7, 11) is -3.88. The molecule has 2 bridgehead atoms. The summed E-state index contributed by atoms with van der Waals surface area (Å²) in [5.74, 6) is -3.01. The smallest absolute Gasteiger partial charge is 0.273 e. The van der Waals surface area contributed by atoms with Gasteiger partial charge in [0.25, 0.3) is 11.8 Å². The Labute approximate surface area is 227 Å². The number of carbonyl (C=O) groups is 2. The van der Waals surface area contributed by atoms with E-state index in [1.807, 2.05) is 20.8 Å². The van der Waals surface area contributed by atoms with E-state index >= 15 is 0 Å². The number of amidine groups is 1. The van der Waals surface area contributed by atoms with Crippen molar-refractivity contribution in [3.05, 3.63) is 41.0 Å². The molecule has 2 unspecified atom stereocenters. The number of nitrogens with zero attached hydrogens (tertiary/aromatic N) is 5. The molecule has 2 amide bonds. The van der Waals surface area contributed by atoms with Gasteiger partial charge in [0.1, 0.15) is 35.0 Å². The Kier molecular flexibility index (Phi) is 6.98. The van der Waals surface area contributed by atoms with E-state index in [1.165, 1.54) is 22.5 Å². The highest BCUT2D eigenvalue weighted by atomic mass is 32.2. The molecule has 1 N–H and O–H groups in total. The summed E-state index contributed by atoms with van der Waals surface area (Å²) >= 11 is 0. The Hall–Kier alpha value is -3.35. The molecule has 4 aliphatic heterocycles. The minimum Gasteiger partial charge on any atom is -0.509 e. The Bertz CT molecular complexity index is 1360. The van der Waals surface area contributed by atoms with Gasteiger partial charge in [-0.15, -0.1) is 0 Å². The number of fused-ring (bicyclic) bond motifs is 6. The van der Waals surface area contributed by atoms with Gasteiger partial charge >= 0.3 is 0 Å². The maximum Gasteiger partial charge on any atom is 0.273 e. The lowest BCUT2D eigenvalue weighted by molar-refractivity contribution is -0.139. The monoisotopic (exact) mass is 563 g/mol. The number of aliphatic hydroxyl groups excluding tert-OH is 1. The summed E-state index contributed by atoms with van der Waals surface area (Å²) in [6.07, 6.45) is 0.716. The van der Waals surface area contributed by atoms with Crippen LogP contribution in [-0.4, -0.2) is 93.9 Å². The quantitative estimate of drug-likeness (QED) is 0.584. The van der Waals surface area contributed by atoms with Crippen LogP contribution in [0.15, 0.2) is 34.8 Å². The molecule has 1 saturated heterocycles. The van der Waals surface area contributed by atoms with Gasteiger partial charge in [0.2, 0.25) is 10.0 Å². The third-order valence-electron chi connectivity index (χ3n) is 7.72. The zero-order valence-electron chi connectivity index (χ0n) is 22.5. The molecule has 0 saturated carbocycles. The number of hydrogen-bond donors (Lipinski definition) is 1. The molecule has 1 fully saturated rings. The van der Waals surface area contributed by atoms with E-state index in [0.29, 0.717) is 24.9 Å². The predicted octanol–water partition coefficient (Wildman–Crippen LogP) is 2.01. The maximum atomic E-state index is 14.1. The molecule has 3 atom stereocenters. The van der Waals surface area contributed by atoms with Crippen molar-refractivity contribution in [3.63, 3.8) is 0 Å². The zero-order valence-corrected chi connectivity index (χ0v) is 23.3. The highest BCUT2D eigenvalue weighted by Gasteiger charge is 2.58. The van der Waals surface area contributed by atoms with Crippen LogP contribution in [0.3, 0.4) is 0 Å². The summed E-state index contributed by atoms with van der Waals surface area (Å²) in [6.45, 7) is 7.74. The molecule has 1 aromatic rings. The van der Waals surface area contributed by atoms with Crippen molar-refractivity contribution in [2.75, 3.05) is 25.4 Å². The summed E-state index contributed by atoms with van der Waals surface area (Å²) < 4.78 is 48.2. The number of ether oxygens (including phenoxy) is 1. The molecule has 212 valence electrons. The Morgan fingerprint density at radius 1 is 1.23 bits per heavy atom. The molecular weight excluding hydrogens is 529 g/mol. The lowest BCUT2D eigenvalue weighted by Gasteiger charge is -2.46. The number of piperazine rings is 1. The third-order valence-corrected chi connectivity index (χ3v) is 9.65. The maximum absolute atomic E-state index is 14.1. The van der Waals surface area contributed by atoms with Gasteiger partial charge in [-0.25, -0.2) is 17.8 Å². The van der Waals surface area contributed by atoms with Crippen molar-refractivity contribution in [1.82, 2.24) is 19.1 Å². The number of amides is 2. The highest BCUT2D eigenvalue weighted by Crippen LogP contribution is 2.43. The number of benzene rings is 1.